The summed E-state index contributed by atoms with van der Waals surface area (Å²) in [6.45, 7) is 3.61. The predicted octanol–water partition coefficient (Wildman–Crippen LogP) is 4.61. The summed E-state index contributed by atoms with van der Waals surface area (Å²) in [7, 11) is 1.44. The Morgan fingerprint density at radius 3 is 2.48 bits per heavy atom. The highest BCUT2D eigenvalue weighted by Crippen LogP contribution is 2.43. The number of benzene rings is 2. The van der Waals surface area contributed by atoms with Crippen molar-refractivity contribution in [3.05, 3.63) is 94.3 Å². The fraction of sp³-hybridized carbons (Fsp3) is 0.160. The number of Topliss-reactive ketones (excluding diaryl/α,β-unsaturated/α-hetero) is 1. The van der Waals surface area contributed by atoms with E-state index in [9.17, 15) is 23.5 Å². The van der Waals surface area contributed by atoms with E-state index in [4.69, 9.17) is 4.74 Å². The van der Waals surface area contributed by atoms with E-state index in [0.717, 1.165) is 28.2 Å². The standard InChI is InChI=1S/C25H20F2N2O4/c1-13-9-14(2)24(33-3)17(10-13)22(30)20-21(15-5-4-8-28-12-15)29(25(32)23(20)31)16-6-7-18(26)19(27)11-16/h4-12,21,30H,1-3H3/b22-20+. The van der Waals surface area contributed by atoms with Gasteiger partial charge in [-0.15, -0.1) is 0 Å². The molecule has 8 heteroatoms. The number of anilines is 1. The van der Waals surface area contributed by atoms with Crippen molar-refractivity contribution in [2.75, 3.05) is 12.0 Å². The predicted molar refractivity (Wildman–Crippen MR) is 118 cm³/mol. The number of halogens is 2. The Kier molecular flexibility index (Phi) is 5.68. The number of amides is 1. The second-order valence-electron chi connectivity index (χ2n) is 7.72. The lowest BCUT2D eigenvalue weighted by Crippen LogP contribution is -2.29. The number of aromatic nitrogens is 1. The summed E-state index contributed by atoms with van der Waals surface area (Å²) >= 11 is 0. The number of hydrogen-bond donors (Lipinski definition) is 1. The van der Waals surface area contributed by atoms with Crippen LogP contribution in [-0.4, -0.2) is 28.9 Å². The number of carbonyl (C=O) groups excluding carboxylic acids is 2. The molecule has 2 heterocycles. The van der Waals surface area contributed by atoms with Crippen molar-refractivity contribution in [2.45, 2.75) is 19.9 Å². The van der Waals surface area contributed by atoms with Gasteiger partial charge in [0.25, 0.3) is 11.7 Å². The molecule has 2 aromatic carbocycles. The zero-order chi connectivity index (χ0) is 23.9. The third-order valence-electron chi connectivity index (χ3n) is 5.50. The average Bonchev–Trinajstić information content (AvgIpc) is 3.06. The fourth-order valence-corrected chi connectivity index (χ4v) is 4.13. The molecule has 0 aliphatic carbocycles. The van der Waals surface area contributed by atoms with E-state index in [0.29, 0.717) is 11.3 Å². The van der Waals surface area contributed by atoms with Crippen LogP contribution < -0.4 is 9.64 Å². The molecule has 1 unspecified atom stereocenters. The van der Waals surface area contributed by atoms with Crippen molar-refractivity contribution in [3.8, 4) is 5.75 Å². The Bertz CT molecular complexity index is 1310. The molecule has 1 N–H and O–H groups in total. The Morgan fingerprint density at radius 2 is 1.85 bits per heavy atom. The van der Waals surface area contributed by atoms with Crippen LogP contribution in [0.1, 0.15) is 28.3 Å². The van der Waals surface area contributed by atoms with E-state index in [1.54, 1.807) is 25.1 Å². The number of aliphatic hydroxyl groups is 1. The summed E-state index contributed by atoms with van der Waals surface area (Å²) in [6, 6.07) is 8.53. The number of ketones is 1. The Hall–Kier alpha value is -4.07. The van der Waals surface area contributed by atoms with Crippen LogP contribution in [0, 0.1) is 25.5 Å². The lowest BCUT2D eigenvalue weighted by Gasteiger charge is -2.25. The first-order valence-corrected chi connectivity index (χ1v) is 10.1. The van der Waals surface area contributed by atoms with E-state index in [2.05, 4.69) is 4.98 Å². The second kappa shape index (κ2) is 8.46. The summed E-state index contributed by atoms with van der Waals surface area (Å²) in [5, 5.41) is 11.3. The summed E-state index contributed by atoms with van der Waals surface area (Å²) < 4.78 is 33.0. The smallest absolute Gasteiger partial charge is 0.300 e. The van der Waals surface area contributed by atoms with Gasteiger partial charge in [-0.05, 0) is 54.8 Å². The van der Waals surface area contributed by atoms with Gasteiger partial charge in [0, 0.05) is 24.1 Å². The maximum atomic E-state index is 14.0. The van der Waals surface area contributed by atoms with Gasteiger partial charge in [-0.2, -0.15) is 0 Å². The highest BCUT2D eigenvalue weighted by Gasteiger charge is 2.47. The van der Waals surface area contributed by atoms with Gasteiger partial charge in [0.2, 0.25) is 0 Å². The van der Waals surface area contributed by atoms with Crippen LogP contribution in [0.25, 0.3) is 5.76 Å². The van der Waals surface area contributed by atoms with E-state index < -0.39 is 35.1 Å². The normalized spacial score (nSPS) is 17.5. The molecule has 1 aromatic heterocycles. The van der Waals surface area contributed by atoms with Gasteiger partial charge in [-0.1, -0.05) is 12.1 Å². The summed E-state index contributed by atoms with van der Waals surface area (Å²) in [5.74, 6) is -4.30. The first kappa shape index (κ1) is 22.1. The highest BCUT2D eigenvalue weighted by atomic mass is 19.2. The Balaban J connectivity index is 2.00. The highest BCUT2D eigenvalue weighted by molar-refractivity contribution is 6.51. The minimum atomic E-state index is -1.17. The van der Waals surface area contributed by atoms with Crippen LogP contribution in [0.15, 0.2) is 60.4 Å². The van der Waals surface area contributed by atoms with Crippen molar-refractivity contribution >= 4 is 23.1 Å². The van der Waals surface area contributed by atoms with Gasteiger partial charge >= 0.3 is 0 Å². The molecule has 0 bridgehead atoms. The van der Waals surface area contributed by atoms with Crippen LogP contribution in [0.4, 0.5) is 14.5 Å². The van der Waals surface area contributed by atoms with Gasteiger partial charge < -0.3 is 9.84 Å². The second-order valence-corrected chi connectivity index (χ2v) is 7.72. The summed E-state index contributed by atoms with van der Waals surface area (Å²) in [5.41, 5.74) is 1.95. The van der Waals surface area contributed by atoms with Crippen LogP contribution in [0.3, 0.4) is 0 Å². The molecule has 1 atom stereocenters. The molecule has 1 fully saturated rings. The number of hydrogen-bond acceptors (Lipinski definition) is 5. The van der Waals surface area contributed by atoms with Crippen LogP contribution in [-0.2, 0) is 9.59 Å². The zero-order valence-electron chi connectivity index (χ0n) is 18.1. The molecule has 0 saturated carbocycles. The maximum absolute atomic E-state index is 14.0. The topological polar surface area (TPSA) is 79.7 Å². The average molecular weight is 450 g/mol. The molecule has 1 amide bonds. The molecule has 0 spiro atoms. The molecule has 168 valence electrons. The van der Waals surface area contributed by atoms with Gasteiger partial charge in [-0.25, -0.2) is 8.78 Å². The molecule has 3 aromatic rings. The van der Waals surface area contributed by atoms with Crippen LogP contribution in [0.5, 0.6) is 5.75 Å². The largest absolute Gasteiger partial charge is 0.507 e. The molecular formula is C25H20F2N2O4. The Morgan fingerprint density at radius 1 is 1.09 bits per heavy atom. The van der Waals surface area contributed by atoms with Gasteiger partial charge in [0.1, 0.15) is 11.5 Å². The molecule has 33 heavy (non-hydrogen) atoms. The lowest BCUT2D eigenvalue weighted by molar-refractivity contribution is -0.132. The number of methoxy groups -OCH3 is 1. The number of nitrogens with zero attached hydrogens (tertiary/aromatic N) is 2. The van der Waals surface area contributed by atoms with E-state index in [1.165, 1.54) is 25.6 Å². The summed E-state index contributed by atoms with van der Waals surface area (Å²) in [4.78, 5) is 31.3. The van der Waals surface area contributed by atoms with Gasteiger partial charge in [0.05, 0.1) is 24.3 Å². The van der Waals surface area contributed by atoms with Crippen molar-refractivity contribution in [1.82, 2.24) is 4.98 Å². The zero-order valence-corrected chi connectivity index (χ0v) is 18.1. The van der Waals surface area contributed by atoms with E-state index >= 15 is 0 Å². The van der Waals surface area contributed by atoms with Crippen molar-refractivity contribution in [1.29, 1.82) is 0 Å². The molecule has 1 saturated heterocycles. The summed E-state index contributed by atoms with van der Waals surface area (Å²) in [6.07, 6.45) is 2.95. The molecule has 1 aliphatic heterocycles. The number of aryl methyl sites for hydroxylation is 2. The minimum Gasteiger partial charge on any atom is -0.507 e. The number of ether oxygens (including phenoxy) is 1. The number of carbonyl (C=O) groups is 2. The molecule has 6 nitrogen and oxygen atoms in total. The monoisotopic (exact) mass is 450 g/mol. The number of aliphatic hydroxyl groups excluding tert-OH is 1. The van der Waals surface area contributed by atoms with Crippen molar-refractivity contribution in [2.24, 2.45) is 0 Å². The van der Waals surface area contributed by atoms with Crippen LogP contribution >= 0.6 is 0 Å². The molecular weight excluding hydrogens is 430 g/mol. The molecule has 1 aliphatic rings. The lowest BCUT2D eigenvalue weighted by atomic mass is 9.94. The first-order valence-electron chi connectivity index (χ1n) is 10.1. The van der Waals surface area contributed by atoms with E-state index in [1.807, 2.05) is 13.0 Å². The first-order chi connectivity index (χ1) is 15.7. The van der Waals surface area contributed by atoms with Crippen molar-refractivity contribution in [3.63, 3.8) is 0 Å². The molecule has 0 radical (unpaired) electrons. The van der Waals surface area contributed by atoms with Gasteiger partial charge in [0.15, 0.2) is 11.6 Å². The fourth-order valence-electron chi connectivity index (χ4n) is 4.13. The third kappa shape index (κ3) is 3.73. The SMILES string of the molecule is COc1c(C)cc(C)cc1/C(O)=C1\C(=O)C(=O)N(c2ccc(F)c(F)c2)C1c1cccnc1. The number of rotatable bonds is 4. The van der Waals surface area contributed by atoms with Crippen LogP contribution in [0.2, 0.25) is 0 Å². The minimum absolute atomic E-state index is 0.0312. The quantitative estimate of drug-likeness (QED) is 0.357. The van der Waals surface area contributed by atoms with Crippen molar-refractivity contribution < 1.29 is 28.2 Å². The number of pyridine rings is 1. The Labute approximate surface area is 188 Å². The van der Waals surface area contributed by atoms with Gasteiger partial charge in [-0.3, -0.25) is 19.5 Å². The van der Waals surface area contributed by atoms with E-state index in [-0.39, 0.29) is 16.8 Å². The maximum Gasteiger partial charge on any atom is 0.300 e. The molecule has 4 rings (SSSR count). The third-order valence-corrected chi connectivity index (χ3v) is 5.50.